The Balaban J connectivity index is 1.40. The Kier molecular flexibility index (Phi) is 5.70. The molecule has 2 aromatic carbocycles. The van der Waals surface area contributed by atoms with Crippen LogP contribution in [-0.2, 0) is 6.42 Å². The van der Waals surface area contributed by atoms with Gasteiger partial charge in [0.25, 0.3) is 5.91 Å². The Bertz CT molecular complexity index is 923. The summed E-state index contributed by atoms with van der Waals surface area (Å²) in [6.07, 6.45) is 1.34. The molecule has 7 heteroatoms. The van der Waals surface area contributed by atoms with Gasteiger partial charge < -0.3 is 15.6 Å². The zero-order valence-electron chi connectivity index (χ0n) is 14.1. The minimum atomic E-state index is -0.294. The normalized spacial score (nSPS) is 10.8. The van der Waals surface area contributed by atoms with Crippen molar-refractivity contribution in [2.45, 2.75) is 6.42 Å². The number of carbonyl (C=O) groups excluding carboxylic acids is 2. The number of aromatic nitrogens is 2. The Morgan fingerprint density at radius 2 is 2.00 bits per heavy atom. The third kappa shape index (κ3) is 4.31. The summed E-state index contributed by atoms with van der Waals surface area (Å²) in [4.78, 5) is 30.5. The van der Waals surface area contributed by atoms with Crippen molar-refractivity contribution in [2.75, 3.05) is 19.6 Å². The van der Waals surface area contributed by atoms with E-state index < -0.39 is 0 Å². The van der Waals surface area contributed by atoms with E-state index in [0.29, 0.717) is 49.0 Å². The van der Waals surface area contributed by atoms with Crippen molar-refractivity contribution in [3.05, 3.63) is 65.2 Å². The number of hydrogen-bond donors (Lipinski definition) is 3. The van der Waals surface area contributed by atoms with Crippen LogP contribution in [-0.4, -0.2) is 41.8 Å². The van der Waals surface area contributed by atoms with Crippen molar-refractivity contribution in [3.8, 4) is 0 Å². The van der Waals surface area contributed by atoms with Crippen LogP contribution in [0.3, 0.4) is 0 Å². The van der Waals surface area contributed by atoms with E-state index in [1.807, 2.05) is 0 Å². The summed E-state index contributed by atoms with van der Waals surface area (Å²) in [7, 11) is 0. The molecule has 0 saturated heterocycles. The molecule has 0 unspecified atom stereocenters. The highest BCUT2D eigenvalue weighted by Gasteiger charge is 2.09. The van der Waals surface area contributed by atoms with Gasteiger partial charge in [0.15, 0.2) is 6.29 Å². The fourth-order valence-corrected chi connectivity index (χ4v) is 2.65. The maximum absolute atomic E-state index is 13.2. The fraction of sp³-hybridized carbons (Fsp3) is 0.211. The van der Waals surface area contributed by atoms with Crippen LogP contribution in [0.15, 0.2) is 42.5 Å². The van der Waals surface area contributed by atoms with Crippen LogP contribution in [0.4, 0.5) is 4.39 Å². The van der Waals surface area contributed by atoms with Gasteiger partial charge in [-0.2, -0.15) is 0 Å². The van der Waals surface area contributed by atoms with Gasteiger partial charge in [-0.25, -0.2) is 9.37 Å². The second-order valence-electron chi connectivity index (χ2n) is 5.81. The topological polar surface area (TPSA) is 86.9 Å². The Hall–Kier alpha value is -3.06. The van der Waals surface area contributed by atoms with Crippen LogP contribution >= 0.6 is 0 Å². The van der Waals surface area contributed by atoms with E-state index in [2.05, 4.69) is 20.6 Å². The zero-order valence-corrected chi connectivity index (χ0v) is 14.1. The molecule has 0 aliphatic rings. The van der Waals surface area contributed by atoms with Crippen LogP contribution in [0, 0.1) is 5.82 Å². The number of halogens is 1. The summed E-state index contributed by atoms with van der Waals surface area (Å²) >= 11 is 0. The van der Waals surface area contributed by atoms with Crippen LogP contribution in [0.5, 0.6) is 0 Å². The number of imidazole rings is 1. The SMILES string of the molecule is O=Cc1ccccc1C(=O)NCCNCCc1nc2ccc(F)cc2[nH]1. The molecular formula is C19H19FN4O2. The molecule has 0 bridgehead atoms. The standard InChI is InChI=1S/C19H19FN4O2/c20-14-5-6-16-17(11-14)24-18(23-16)7-8-21-9-10-22-19(26)15-4-2-1-3-13(15)12-25/h1-6,11-12,21H,7-10H2,(H,22,26)(H,23,24). The molecule has 1 amide bonds. The fourth-order valence-electron chi connectivity index (χ4n) is 2.65. The highest BCUT2D eigenvalue weighted by Crippen LogP contribution is 2.12. The van der Waals surface area contributed by atoms with E-state index in [9.17, 15) is 14.0 Å². The molecule has 0 atom stereocenters. The van der Waals surface area contributed by atoms with Crippen molar-refractivity contribution >= 4 is 23.2 Å². The molecule has 3 N–H and O–H groups in total. The predicted molar refractivity (Wildman–Crippen MR) is 96.8 cm³/mol. The zero-order chi connectivity index (χ0) is 18.4. The Labute approximate surface area is 149 Å². The second kappa shape index (κ2) is 8.35. The minimum absolute atomic E-state index is 0.270. The van der Waals surface area contributed by atoms with Crippen LogP contribution < -0.4 is 10.6 Å². The van der Waals surface area contributed by atoms with Crippen LogP contribution in [0.25, 0.3) is 11.0 Å². The molecule has 6 nitrogen and oxygen atoms in total. The summed E-state index contributed by atoms with van der Waals surface area (Å²) in [6, 6.07) is 11.1. The van der Waals surface area contributed by atoms with Gasteiger partial charge in [0.1, 0.15) is 11.6 Å². The first-order valence-corrected chi connectivity index (χ1v) is 8.34. The molecule has 0 aliphatic carbocycles. The van der Waals surface area contributed by atoms with Gasteiger partial charge in [0.05, 0.1) is 11.0 Å². The number of amides is 1. The summed E-state index contributed by atoms with van der Waals surface area (Å²) in [5, 5.41) is 5.98. The van der Waals surface area contributed by atoms with Gasteiger partial charge in [-0.15, -0.1) is 0 Å². The average molecular weight is 354 g/mol. The molecule has 1 heterocycles. The number of hydrogen-bond acceptors (Lipinski definition) is 4. The number of carbonyl (C=O) groups is 2. The van der Waals surface area contributed by atoms with Gasteiger partial charge in [0, 0.05) is 37.2 Å². The number of nitrogens with one attached hydrogen (secondary N) is 3. The number of fused-ring (bicyclic) bond motifs is 1. The Morgan fingerprint density at radius 1 is 1.15 bits per heavy atom. The largest absolute Gasteiger partial charge is 0.351 e. The van der Waals surface area contributed by atoms with Gasteiger partial charge >= 0.3 is 0 Å². The minimum Gasteiger partial charge on any atom is -0.351 e. The van der Waals surface area contributed by atoms with Crippen molar-refractivity contribution in [1.29, 1.82) is 0 Å². The second-order valence-corrected chi connectivity index (χ2v) is 5.81. The first-order chi connectivity index (χ1) is 12.7. The lowest BCUT2D eigenvalue weighted by Gasteiger charge is -2.07. The van der Waals surface area contributed by atoms with Crippen molar-refractivity contribution < 1.29 is 14.0 Å². The summed E-state index contributed by atoms with van der Waals surface area (Å²) in [6.45, 7) is 1.70. The van der Waals surface area contributed by atoms with E-state index >= 15 is 0 Å². The molecule has 0 fully saturated rings. The molecule has 3 aromatic rings. The summed E-state index contributed by atoms with van der Waals surface area (Å²) in [5.74, 6) is 0.216. The number of H-pyrrole nitrogens is 1. The van der Waals surface area contributed by atoms with E-state index in [-0.39, 0.29) is 11.7 Å². The van der Waals surface area contributed by atoms with E-state index in [1.165, 1.54) is 12.1 Å². The Morgan fingerprint density at radius 3 is 2.85 bits per heavy atom. The van der Waals surface area contributed by atoms with Crippen LogP contribution in [0.1, 0.15) is 26.5 Å². The highest BCUT2D eigenvalue weighted by molar-refractivity contribution is 6.01. The van der Waals surface area contributed by atoms with Crippen molar-refractivity contribution in [1.82, 2.24) is 20.6 Å². The van der Waals surface area contributed by atoms with Gasteiger partial charge in [-0.1, -0.05) is 18.2 Å². The molecule has 26 heavy (non-hydrogen) atoms. The lowest BCUT2D eigenvalue weighted by Crippen LogP contribution is -2.33. The van der Waals surface area contributed by atoms with Gasteiger partial charge in [-0.3, -0.25) is 9.59 Å². The molecule has 0 spiro atoms. The molecule has 0 saturated carbocycles. The number of aldehydes is 1. The first-order valence-electron chi connectivity index (χ1n) is 8.34. The van der Waals surface area contributed by atoms with Gasteiger partial charge in [0.2, 0.25) is 0 Å². The smallest absolute Gasteiger partial charge is 0.252 e. The summed E-state index contributed by atoms with van der Waals surface area (Å²) < 4.78 is 13.2. The number of benzene rings is 2. The maximum atomic E-state index is 13.2. The molecule has 0 aliphatic heterocycles. The first kappa shape index (κ1) is 17.8. The van der Waals surface area contributed by atoms with Gasteiger partial charge in [-0.05, 0) is 24.3 Å². The van der Waals surface area contributed by atoms with Crippen LogP contribution in [0.2, 0.25) is 0 Å². The third-order valence-electron chi connectivity index (χ3n) is 3.95. The quantitative estimate of drug-likeness (QED) is 0.427. The molecule has 3 rings (SSSR count). The lowest BCUT2D eigenvalue weighted by molar-refractivity contribution is 0.0948. The van der Waals surface area contributed by atoms with E-state index in [0.717, 1.165) is 11.3 Å². The average Bonchev–Trinajstić information content (AvgIpc) is 3.06. The van der Waals surface area contributed by atoms with Crippen molar-refractivity contribution in [2.24, 2.45) is 0 Å². The number of aromatic amines is 1. The number of nitrogens with zero attached hydrogens (tertiary/aromatic N) is 1. The third-order valence-corrected chi connectivity index (χ3v) is 3.95. The predicted octanol–water partition coefficient (Wildman–Crippen LogP) is 2.08. The monoisotopic (exact) mass is 354 g/mol. The highest BCUT2D eigenvalue weighted by atomic mass is 19.1. The van der Waals surface area contributed by atoms with E-state index in [1.54, 1.807) is 30.3 Å². The van der Waals surface area contributed by atoms with Crippen molar-refractivity contribution in [3.63, 3.8) is 0 Å². The lowest BCUT2D eigenvalue weighted by atomic mass is 10.1. The van der Waals surface area contributed by atoms with E-state index in [4.69, 9.17) is 0 Å². The molecular weight excluding hydrogens is 335 g/mol. The molecule has 1 aromatic heterocycles. The maximum Gasteiger partial charge on any atom is 0.252 e. The number of rotatable bonds is 8. The summed E-state index contributed by atoms with van der Waals surface area (Å²) in [5.41, 5.74) is 2.17. The molecule has 0 radical (unpaired) electrons. The molecule has 134 valence electrons.